The summed E-state index contributed by atoms with van der Waals surface area (Å²) in [7, 11) is 0. The number of hydrogen-bond acceptors (Lipinski definition) is 2. The highest BCUT2D eigenvalue weighted by molar-refractivity contribution is 6.00. The van der Waals surface area contributed by atoms with Crippen molar-refractivity contribution in [2.24, 2.45) is 0 Å². The van der Waals surface area contributed by atoms with Gasteiger partial charge in [0.2, 0.25) is 0 Å². The van der Waals surface area contributed by atoms with Crippen molar-refractivity contribution >= 4 is 5.97 Å². The number of esters is 1. The number of rotatable bonds is 2. The molecule has 0 saturated heterocycles. The van der Waals surface area contributed by atoms with Gasteiger partial charge in [-0.05, 0) is 17.2 Å². The van der Waals surface area contributed by atoms with Crippen LogP contribution in [0, 0.1) is 0 Å². The van der Waals surface area contributed by atoms with Crippen molar-refractivity contribution in [3.05, 3.63) is 131 Å². The fourth-order valence-corrected chi connectivity index (χ4v) is 4.11. The van der Waals surface area contributed by atoms with Crippen molar-refractivity contribution in [1.82, 2.24) is 0 Å². The zero-order valence-electron chi connectivity index (χ0n) is 15.2. The molecule has 4 aromatic carbocycles. The Labute approximate surface area is 164 Å². The monoisotopic (exact) mass is 362 g/mol. The first kappa shape index (κ1) is 16.5. The standard InChI is InChI=1S/C26H18O2/c27-25-23-17-8-7-15-21(23)22-16-9-10-18-24(22)26(28-25,19-11-3-1-4-12-19)20-13-5-2-6-14-20/h1-18H. The average molecular weight is 362 g/mol. The lowest BCUT2D eigenvalue weighted by atomic mass is 9.77. The summed E-state index contributed by atoms with van der Waals surface area (Å²) in [5.74, 6) is -0.320. The van der Waals surface area contributed by atoms with Crippen LogP contribution in [0.2, 0.25) is 0 Å². The third-order valence-corrected chi connectivity index (χ3v) is 5.35. The van der Waals surface area contributed by atoms with Crippen molar-refractivity contribution in [3.8, 4) is 11.1 Å². The largest absolute Gasteiger partial charge is 0.441 e. The van der Waals surface area contributed by atoms with E-state index in [1.807, 2.05) is 97.1 Å². The molecule has 0 unspecified atom stereocenters. The normalized spacial score (nSPS) is 14.4. The summed E-state index contributed by atoms with van der Waals surface area (Å²) in [6, 6.07) is 35.7. The highest BCUT2D eigenvalue weighted by Crippen LogP contribution is 2.47. The summed E-state index contributed by atoms with van der Waals surface area (Å²) in [6.45, 7) is 0. The molecule has 2 nitrogen and oxygen atoms in total. The van der Waals surface area contributed by atoms with E-state index in [0.717, 1.165) is 27.8 Å². The van der Waals surface area contributed by atoms with E-state index in [9.17, 15) is 4.79 Å². The Kier molecular flexibility index (Phi) is 3.84. The molecule has 28 heavy (non-hydrogen) atoms. The van der Waals surface area contributed by atoms with Gasteiger partial charge in [-0.1, -0.05) is 103 Å². The molecule has 0 atom stereocenters. The van der Waals surface area contributed by atoms with E-state index < -0.39 is 5.60 Å². The van der Waals surface area contributed by atoms with Crippen LogP contribution in [0.1, 0.15) is 27.0 Å². The molecule has 134 valence electrons. The first-order chi connectivity index (χ1) is 13.8. The van der Waals surface area contributed by atoms with E-state index in [1.54, 1.807) is 0 Å². The second-order valence-electron chi connectivity index (χ2n) is 6.89. The van der Waals surface area contributed by atoms with Crippen LogP contribution in [0.3, 0.4) is 0 Å². The third-order valence-electron chi connectivity index (χ3n) is 5.35. The summed E-state index contributed by atoms with van der Waals surface area (Å²) in [6.07, 6.45) is 0. The number of carbonyl (C=O) groups is 1. The summed E-state index contributed by atoms with van der Waals surface area (Å²) < 4.78 is 6.39. The summed E-state index contributed by atoms with van der Waals surface area (Å²) in [4.78, 5) is 13.3. The maximum atomic E-state index is 13.3. The zero-order valence-corrected chi connectivity index (χ0v) is 15.2. The average Bonchev–Trinajstić information content (AvgIpc) is 2.89. The van der Waals surface area contributed by atoms with Crippen LogP contribution in [0.15, 0.2) is 109 Å². The van der Waals surface area contributed by atoms with E-state index in [0.29, 0.717) is 5.56 Å². The molecule has 2 heteroatoms. The van der Waals surface area contributed by atoms with Crippen molar-refractivity contribution in [2.45, 2.75) is 5.60 Å². The topological polar surface area (TPSA) is 26.3 Å². The molecule has 0 aliphatic carbocycles. The Balaban J connectivity index is 1.92. The predicted octanol–water partition coefficient (Wildman–Crippen LogP) is 5.82. The van der Waals surface area contributed by atoms with E-state index in [1.165, 1.54) is 0 Å². The van der Waals surface area contributed by atoms with E-state index in [-0.39, 0.29) is 5.97 Å². The van der Waals surface area contributed by atoms with Gasteiger partial charge in [-0.3, -0.25) is 0 Å². The van der Waals surface area contributed by atoms with Gasteiger partial charge in [0.1, 0.15) is 0 Å². The highest BCUT2D eigenvalue weighted by Gasteiger charge is 2.44. The second-order valence-corrected chi connectivity index (χ2v) is 6.89. The summed E-state index contributed by atoms with van der Waals surface area (Å²) >= 11 is 0. The molecule has 0 aromatic heterocycles. The van der Waals surface area contributed by atoms with Crippen LogP contribution in [0.25, 0.3) is 11.1 Å². The van der Waals surface area contributed by atoms with Crippen LogP contribution in [-0.4, -0.2) is 5.97 Å². The third kappa shape index (κ3) is 2.39. The van der Waals surface area contributed by atoms with Crippen molar-refractivity contribution < 1.29 is 9.53 Å². The van der Waals surface area contributed by atoms with Crippen molar-refractivity contribution in [1.29, 1.82) is 0 Å². The van der Waals surface area contributed by atoms with E-state index in [2.05, 4.69) is 12.1 Å². The van der Waals surface area contributed by atoms with Gasteiger partial charge < -0.3 is 4.74 Å². The SMILES string of the molecule is O=C1OC(c2ccccc2)(c2ccccc2)c2ccccc2-c2ccccc21. The molecule has 0 radical (unpaired) electrons. The molecular formula is C26H18O2. The van der Waals surface area contributed by atoms with Crippen LogP contribution in [0.4, 0.5) is 0 Å². The van der Waals surface area contributed by atoms with Gasteiger partial charge in [-0.2, -0.15) is 0 Å². The number of ether oxygens (including phenoxy) is 1. The molecule has 0 bridgehead atoms. The molecule has 5 rings (SSSR count). The lowest BCUT2D eigenvalue weighted by molar-refractivity contribution is 0.0152. The quantitative estimate of drug-likeness (QED) is 0.420. The fourth-order valence-electron chi connectivity index (χ4n) is 4.11. The first-order valence-electron chi connectivity index (χ1n) is 9.34. The molecule has 0 amide bonds. The fraction of sp³-hybridized carbons (Fsp3) is 0.0385. The summed E-state index contributed by atoms with van der Waals surface area (Å²) in [5, 5.41) is 0. The van der Waals surface area contributed by atoms with Gasteiger partial charge in [0, 0.05) is 16.7 Å². The minimum Gasteiger partial charge on any atom is -0.441 e. The predicted molar refractivity (Wildman–Crippen MR) is 110 cm³/mol. The molecule has 0 N–H and O–H groups in total. The molecule has 1 heterocycles. The maximum Gasteiger partial charge on any atom is 0.340 e. The number of cyclic esters (lactones) is 1. The molecule has 0 fully saturated rings. The Bertz CT molecular complexity index is 1110. The van der Waals surface area contributed by atoms with Crippen LogP contribution in [-0.2, 0) is 10.3 Å². The molecular weight excluding hydrogens is 344 g/mol. The minimum atomic E-state index is -1.02. The molecule has 1 aliphatic heterocycles. The molecule has 0 saturated carbocycles. The minimum absolute atomic E-state index is 0.320. The Hall–Kier alpha value is -3.65. The van der Waals surface area contributed by atoms with Gasteiger partial charge >= 0.3 is 5.97 Å². The number of fused-ring (bicyclic) bond motifs is 3. The van der Waals surface area contributed by atoms with E-state index >= 15 is 0 Å². The zero-order chi connectivity index (χ0) is 19.0. The van der Waals surface area contributed by atoms with Gasteiger partial charge in [0.25, 0.3) is 0 Å². The van der Waals surface area contributed by atoms with Gasteiger partial charge in [-0.25, -0.2) is 4.79 Å². The smallest absolute Gasteiger partial charge is 0.340 e. The Morgan fingerprint density at radius 1 is 0.500 bits per heavy atom. The summed E-state index contributed by atoms with van der Waals surface area (Å²) in [5.41, 5.74) is 4.29. The highest BCUT2D eigenvalue weighted by atomic mass is 16.6. The number of benzene rings is 4. The molecule has 0 spiro atoms. The van der Waals surface area contributed by atoms with Gasteiger partial charge in [0.05, 0.1) is 5.56 Å². The first-order valence-corrected chi connectivity index (χ1v) is 9.34. The van der Waals surface area contributed by atoms with Crippen LogP contribution < -0.4 is 0 Å². The maximum absolute atomic E-state index is 13.3. The number of carbonyl (C=O) groups excluding carboxylic acids is 1. The lowest BCUT2D eigenvalue weighted by Crippen LogP contribution is -2.34. The van der Waals surface area contributed by atoms with E-state index in [4.69, 9.17) is 4.74 Å². The van der Waals surface area contributed by atoms with Crippen LogP contribution in [0.5, 0.6) is 0 Å². The Morgan fingerprint density at radius 2 is 0.964 bits per heavy atom. The van der Waals surface area contributed by atoms with Gasteiger partial charge in [-0.15, -0.1) is 0 Å². The van der Waals surface area contributed by atoms with Crippen molar-refractivity contribution in [3.63, 3.8) is 0 Å². The lowest BCUT2D eigenvalue weighted by Gasteiger charge is -2.35. The van der Waals surface area contributed by atoms with Gasteiger partial charge in [0.15, 0.2) is 5.60 Å². The molecule has 1 aliphatic rings. The van der Waals surface area contributed by atoms with Crippen molar-refractivity contribution in [2.75, 3.05) is 0 Å². The number of hydrogen-bond donors (Lipinski definition) is 0. The Morgan fingerprint density at radius 3 is 1.57 bits per heavy atom. The van der Waals surface area contributed by atoms with Crippen LogP contribution >= 0.6 is 0 Å². The second kappa shape index (κ2) is 6.50. The molecule has 4 aromatic rings.